The van der Waals surface area contributed by atoms with E-state index in [0.717, 1.165) is 24.8 Å². The second-order valence-electron chi connectivity index (χ2n) is 6.83. The van der Waals surface area contributed by atoms with Crippen molar-refractivity contribution in [1.82, 2.24) is 10.6 Å². The van der Waals surface area contributed by atoms with Crippen molar-refractivity contribution in [1.29, 1.82) is 0 Å². The van der Waals surface area contributed by atoms with Crippen LogP contribution in [-0.2, 0) is 9.59 Å². The first kappa shape index (κ1) is 21.5. The second kappa shape index (κ2) is 10.5. The van der Waals surface area contributed by atoms with E-state index in [1.54, 1.807) is 31.4 Å². The van der Waals surface area contributed by atoms with E-state index in [2.05, 4.69) is 17.2 Å². The molecule has 0 bridgehead atoms. The molecule has 2 rings (SSSR count). The second-order valence-corrected chi connectivity index (χ2v) is 6.83. The Morgan fingerprint density at radius 2 is 1.96 bits per heavy atom. The number of methoxy groups -OCH3 is 1. The zero-order valence-corrected chi connectivity index (χ0v) is 16.8. The molecular formula is C22H30N2O4. The molecule has 0 aliphatic heterocycles. The highest BCUT2D eigenvalue weighted by atomic mass is 16.5. The summed E-state index contributed by atoms with van der Waals surface area (Å²) in [6, 6.07) is 5.42. The highest BCUT2D eigenvalue weighted by Gasteiger charge is 2.40. The van der Waals surface area contributed by atoms with Crippen molar-refractivity contribution in [2.24, 2.45) is 0 Å². The summed E-state index contributed by atoms with van der Waals surface area (Å²) >= 11 is 0. The van der Waals surface area contributed by atoms with Crippen LogP contribution >= 0.6 is 0 Å². The molecule has 0 heterocycles. The Labute approximate surface area is 167 Å². The molecule has 152 valence electrons. The Bertz CT molecular complexity index is 721. The average Bonchev–Trinajstić information content (AvgIpc) is 2.71. The summed E-state index contributed by atoms with van der Waals surface area (Å²) in [4.78, 5) is 25.1. The van der Waals surface area contributed by atoms with E-state index >= 15 is 0 Å². The summed E-state index contributed by atoms with van der Waals surface area (Å²) in [6.45, 7) is 6.44. The molecular weight excluding hydrogens is 356 g/mol. The van der Waals surface area contributed by atoms with Crippen LogP contribution in [-0.4, -0.2) is 37.6 Å². The van der Waals surface area contributed by atoms with Gasteiger partial charge in [-0.3, -0.25) is 9.59 Å². The van der Waals surface area contributed by atoms with Gasteiger partial charge in [0.25, 0.3) is 0 Å². The van der Waals surface area contributed by atoms with E-state index < -0.39 is 5.54 Å². The predicted molar refractivity (Wildman–Crippen MR) is 110 cm³/mol. The molecule has 6 heteroatoms. The van der Waals surface area contributed by atoms with Gasteiger partial charge in [0.05, 0.1) is 7.11 Å². The van der Waals surface area contributed by atoms with Crippen molar-refractivity contribution in [3.05, 3.63) is 42.5 Å². The molecule has 0 saturated heterocycles. The number of likely N-dealkylation sites (N-methyl/N-ethyl adjacent to an activating group) is 1. The summed E-state index contributed by atoms with van der Waals surface area (Å²) in [5, 5.41) is 5.81. The average molecular weight is 386 g/mol. The zero-order chi connectivity index (χ0) is 20.4. The topological polar surface area (TPSA) is 76.7 Å². The van der Waals surface area contributed by atoms with Crippen LogP contribution in [0.15, 0.2) is 36.9 Å². The maximum absolute atomic E-state index is 12.5. The molecule has 1 aliphatic rings. The highest BCUT2D eigenvalue weighted by molar-refractivity contribution is 5.97. The lowest BCUT2D eigenvalue weighted by Gasteiger charge is -2.36. The normalized spacial score (nSPS) is 15.6. The summed E-state index contributed by atoms with van der Waals surface area (Å²) in [6.07, 6.45) is 9.11. The number of ether oxygens (including phenoxy) is 2. The van der Waals surface area contributed by atoms with Crippen LogP contribution in [0.3, 0.4) is 0 Å². The van der Waals surface area contributed by atoms with Gasteiger partial charge < -0.3 is 20.1 Å². The van der Waals surface area contributed by atoms with Crippen LogP contribution in [0.4, 0.5) is 0 Å². The number of hydrogen-bond donors (Lipinski definition) is 2. The minimum absolute atomic E-state index is 0.0955. The molecule has 1 aromatic carbocycles. The van der Waals surface area contributed by atoms with Crippen LogP contribution in [0.5, 0.6) is 11.5 Å². The van der Waals surface area contributed by atoms with Crippen molar-refractivity contribution in [3.8, 4) is 11.5 Å². The van der Waals surface area contributed by atoms with E-state index in [0.29, 0.717) is 37.5 Å². The van der Waals surface area contributed by atoms with E-state index in [1.165, 1.54) is 6.08 Å². The summed E-state index contributed by atoms with van der Waals surface area (Å²) in [7, 11) is 1.56. The van der Waals surface area contributed by atoms with Gasteiger partial charge in [0.2, 0.25) is 11.8 Å². The molecule has 0 radical (unpaired) electrons. The van der Waals surface area contributed by atoms with E-state index in [1.807, 2.05) is 13.0 Å². The van der Waals surface area contributed by atoms with Gasteiger partial charge in [-0.1, -0.05) is 38.0 Å². The number of hydrogen-bond acceptors (Lipinski definition) is 4. The first-order valence-electron chi connectivity index (χ1n) is 9.75. The predicted octanol–water partition coefficient (Wildman–Crippen LogP) is 3.23. The largest absolute Gasteiger partial charge is 0.493 e. The van der Waals surface area contributed by atoms with E-state index in [4.69, 9.17) is 9.47 Å². The molecule has 0 aromatic heterocycles. The minimum Gasteiger partial charge on any atom is -0.493 e. The maximum atomic E-state index is 12.5. The van der Waals surface area contributed by atoms with Crippen molar-refractivity contribution in [2.45, 2.75) is 44.6 Å². The molecule has 6 nitrogen and oxygen atoms in total. The van der Waals surface area contributed by atoms with Crippen molar-refractivity contribution < 1.29 is 19.1 Å². The lowest BCUT2D eigenvalue weighted by atomic mass is 9.80. The first-order valence-corrected chi connectivity index (χ1v) is 9.75. The molecule has 1 aromatic rings. The number of nitrogens with one attached hydrogen (secondary N) is 2. The SMILES string of the molecule is C=CCOc1ccc(C=CC(=O)NC2(C(=O)NCC)CCCCC2)cc1OC. The quantitative estimate of drug-likeness (QED) is 0.505. The fourth-order valence-corrected chi connectivity index (χ4v) is 3.40. The van der Waals surface area contributed by atoms with Gasteiger partial charge in [-0.25, -0.2) is 0 Å². The standard InChI is InChI=1S/C22H30N2O4/c1-4-15-28-18-11-9-17(16-19(18)27-3)10-12-20(25)24-22(21(26)23-5-2)13-7-6-8-14-22/h4,9-12,16H,1,5-8,13-15H2,2-3H3,(H,23,26)(H,24,25). The Balaban J connectivity index is 2.09. The Morgan fingerprint density at radius 3 is 2.61 bits per heavy atom. The van der Waals surface area contributed by atoms with Crippen LogP contribution in [0, 0.1) is 0 Å². The number of amides is 2. The van der Waals surface area contributed by atoms with Crippen molar-refractivity contribution >= 4 is 17.9 Å². The van der Waals surface area contributed by atoms with Gasteiger partial charge in [0.15, 0.2) is 11.5 Å². The fourth-order valence-electron chi connectivity index (χ4n) is 3.40. The van der Waals surface area contributed by atoms with Gasteiger partial charge >= 0.3 is 0 Å². The summed E-state index contributed by atoms with van der Waals surface area (Å²) < 4.78 is 10.9. The van der Waals surface area contributed by atoms with Gasteiger partial charge in [-0.2, -0.15) is 0 Å². The third-order valence-electron chi connectivity index (χ3n) is 4.81. The Morgan fingerprint density at radius 1 is 1.21 bits per heavy atom. The van der Waals surface area contributed by atoms with Gasteiger partial charge in [0, 0.05) is 12.6 Å². The summed E-state index contributed by atoms with van der Waals surface area (Å²) in [5.41, 5.74) is -0.0101. The molecule has 0 atom stereocenters. The van der Waals surface area contributed by atoms with Gasteiger partial charge in [-0.15, -0.1) is 0 Å². The summed E-state index contributed by atoms with van der Waals surface area (Å²) in [5.74, 6) is 0.817. The maximum Gasteiger partial charge on any atom is 0.245 e. The zero-order valence-electron chi connectivity index (χ0n) is 16.8. The fraction of sp³-hybridized carbons (Fsp3) is 0.455. The third-order valence-corrected chi connectivity index (χ3v) is 4.81. The number of rotatable bonds is 9. The first-order chi connectivity index (χ1) is 13.5. The number of carbonyl (C=O) groups excluding carboxylic acids is 2. The molecule has 28 heavy (non-hydrogen) atoms. The van der Waals surface area contributed by atoms with Crippen LogP contribution in [0.2, 0.25) is 0 Å². The third kappa shape index (κ3) is 5.62. The molecule has 0 spiro atoms. The monoisotopic (exact) mass is 386 g/mol. The molecule has 0 unspecified atom stereocenters. The van der Waals surface area contributed by atoms with Crippen molar-refractivity contribution in [2.75, 3.05) is 20.3 Å². The minimum atomic E-state index is -0.810. The van der Waals surface area contributed by atoms with Crippen LogP contribution in [0.25, 0.3) is 6.08 Å². The lowest BCUT2D eigenvalue weighted by molar-refractivity contribution is -0.133. The molecule has 1 aliphatic carbocycles. The van der Waals surface area contributed by atoms with Gasteiger partial charge in [-0.05, 0) is 43.5 Å². The highest BCUT2D eigenvalue weighted by Crippen LogP contribution is 2.30. The molecule has 1 fully saturated rings. The van der Waals surface area contributed by atoms with E-state index in [9.17, 15) is 9.59 Å². The van der Waals surface area contributed by atoms with Crippen molar-refractivity contribution in [3.63, 3.8) is 0 Å². The smallest absolute Gasteiger partial charge is 0.245 e. The lowest BCUT2D eigenvalue weighted by Crippen LogP contribution is -2.59. The Hall–Kier alpha value is -2.76. The Kier molecular flexibility index (Phi) is 8.11. The number of carbonyl (C=O) groups is 2. The molecule has 1 saturated carbocycles. The van der Waals surface area contributed by atoms with Crippen LogP contribution < -0.4 is 20.1 Å². The molecule has 2 amide bonds. The van der Waals surface area contributed by atoms with Crippen LogP contribution in [0.1, 0.15) is 44.6 Å². The van der Waals surface area contributed by atoms with Gasteiger partial charge in [0.1, 0.15) is 12.1 Å². The van der Waals surface area contributed by atoms with E-state index in [-0.39, 0.29) is 11.8 Å². The number of benzene rings is 1. The molecule has 2 N–H and O–H groups in total.